The third kappa shape index (κ3) is 2.63. The number of rotatable bonds is 4. The van der Waals surface area contributed by atoms with Gasteiger partial charge in [0, 0.05) is 17.9 Å². The topological polar surface area (TPSA) is 44.8 Å². The summed E-state index contributed by atoms with van der Waals surface area (Å²) in [6.45, 7) is 0. The van der Waals surface area contributed by atoms with Gasteiger partial charge in [0.05, 0.1) is 26.4 Å². The molecule has 0 aliphatic heterocycles. The lowest BCUT2D eigenvalue weighted by Gasteiger charge is -2.15. The highest BCUT2D eigenvalue weighted by atomic mass is 35.5. The number of carbonyl (C=O) groups excluding carboxylic acids is 1. The zero-order valence-electron chi connectivity index (χ0n) is 13.2. The Morgan fingerprint density at radius 1 is 0.957 bits per heavy atom. The first-order chi connectivity index (χ1) is 11.1. The number of ether oxygens (including phenoxy) is 3. The molecule has 3 rings (SSSR count). The Kier molecular flexibility index (Phi) is 4.18. The molecular formula is C18H17ClO4. The Labute approximate surface area is 139 Å². The molecule has 0 heterocycles. The lowest BCUT2D eigenvalue weighted by molar-refractivity contribution is 0.0991. The summed E-state index contributed by atoms with van der Waals surface area (Å²) < 4.78 is 15.9. The molecule has 0 spiro atoms. The van der Waals surface area contributed by atoms with Crippen LogP contribution in [-0.2, 0) is 0 Å². The number of ketones is 1. The summed E-state index contributed by atoms with van der Waals surface area (Å²) in [7, 11) is 4.72. The molecule has 1 aliphatic carbocycles. The van der Waals surface area contributed by atoms with Crippen LogP contribution in [0.1, 0.15) is 33.8 Å². The van der Waals surface area contributed by atoms with Crippen LogP contribution in [0.25, 0.3) is 0 Å². The second-order valence-electron chi connectivity index (χ2n) is 5.37. The number of methoxy groups -OCH3 is 3. The summed E-state index contributed by atoms with van der Waals surface area (Å²) >= 11 is 6.09. The molecule has 0 N–H and O–H groups in total. The van der Waals surface area contributed by atoms with Crippen LogP contribution in [0.2, 0.25) is 5.02 Å². The highest BCUT2D eigenvalue weighted by Gasteiger charge is 2.32. The van der Waals surface area contributed by atoms with Gasteiger partial charge in [-0.1, -0.05) is 17.7 Å². The predicted molar refractivity (Wildman–Crippen MR) is 88.3 cm³/mol. The molecule has 0 saturated heterocycles. The fourth-order valence-electron chi connectivity index (χ4n) is 3.02. The van der Waals surface area contributed by atoms with E-state index in [0.29, 0.717) is 34.3 Å². The van der Waals surface area contributed by atoms with Crippen LogP contribution in [0.15, 0.2) is 30.3 Å². The van der Waals surface area contributed by atoms with E-state index in [1.165, 1.54) is 0 Å². The second kappa shape index (κ2) is 6.13. The van der Waals surface area contributed by atoms with Crippen molar-refractivity contribution in [3.63, 3.8) is 0 Å². The van der Waals surface area contributed by atoms with Gasteiger partial charge in [0.1, 0.15) is 5.75 Å². The molecule has 0 aromatic heterocycles. The molecule has 1 unspecified atom stereocenters. The van der Waals surface area contributed by atoms with E-state index in [1.54, 1.807) is 33.5 Å². The van der Waals surface area contributed by atoms with E-state index >= 15 is 0 Å². The lowest BCUT2D eigenvalue weighted by Crippen LogP contribution is -1.99. The molecule has 4 nitrogen and oxygen atoms in total. The van der Waals surface area contributed by atoms with Crippen LogP contribution in [-0.4, -0.2) is 27.1 Å². The lowest BCUT2D eigenvalue weighted by atomic mass is 9.92. The minimum absolute atomic E-state index is 0.0385. The molecule has 23 heavy (non-hydrogen) atoms. The van der Waals surface area contributed by atoms with Crippen molar-refractivity contribution in [1.29, 1.82) is 0 Å². The van der Waals surface area contributed by atoms with Crippen molar-refractivity contribution in [3.05, 3.63) is 52.0 Å². The number of hydrogen-bond donors (Lipinski definition) is 0. The number of halogens is 1. The maximum absolute atomic E-state index is 12.4. The molecule has 0 fully saturated rings. The molecule has 120 valence electrons. The summed E-state index contributed by atoms with van der Waals surface area (Å²) in [4.78, 5) is 12.4. The van der Waals surface area contributed by atoms with Crippen LogP contribution in [0.4, 0.5) is 0 Å². The van der Waals surface area contributed by atoms with Gasteiger partial charge in [0.2, 0.25) is 0 Å². The molecule has 2 aromatic rings. The van der Waals surface area contributed by atoms with E-state index in [-0.39, 0.29) is 11.7 Å². The molecule has 1 atom stereocenters. The fourth-order valence-corrected chi connectivity index (χ4v) is 3.22. The van der Waals surface area contributed by atoms with E-state index in [9.17, 15) is 4.79 Å². The number of hydrogen-bond acceptors (Lipinski definition) is 4. The van der Waals surface area contributed by atoms with Gasteiger partial charge in [-0.3, -0.25) is 4.79 Å². The average molecular weight is 333 g/mol. The maximum atomic E-state index is 12.4. The van der Waals surface area contributed by atoms with Gasteiger partial charge < -0.3 is 14.2 Å². The Bertz CT molecular complexity index is 770. The third-order valence-electron chi connectivity index (χ3n) is 4.20. The summed E-state index contributed by atoms with van der Waals surface area (Å²) in [6, 6.07) is 9.23. The van der Waals surface area contributed by atoms with Crippen molar-refractivity contribution in [2.75, 3.05) is 21.3 Å². The van der Waals surface area contributed by atoms with Crippen molar-refractivity contribution < 1.29 is 19.0 Å². The zero-order chi connectivity index (χ0) is 16.6. The van der Waals surface area contributed by atoms with Crippen LogP contribution >= 0.6 is 11.6 Å². The van der Waals surface area contributed by atoms with Crippen molar-refractivity contribution in [3.8, 4) is 17.2 Å². The molecular weight excluding hydrogens is 316 g/mol. The smallest absolute Gasteiger partial charge is 0.164 e. The van der Waals surface area contributed by atoms with Gasteiger partial charge in [0.15, 0.2) is 17.3 Å². The zero-order valence-corrected chi connectivity index (χ0v) is 13.9. The number of fused-ring (bicyclic) bond motifs is 1. The van der Waals surface area contributed by atoms with Crippen LogP contribution in [0.3, 0.4) is 0 Å². The van der Waals surface area contributed by atoms with E-state index in [4.69, 9.17) is 25.8 Å². The maximum Gasteiger partial charge on any atom is 0.164 e. The first-order valence-corrected chi connectivity index (χ1v) is 7.59. The molecule has 5 heteroatoms. The molecule has 0 saturated carbocycles. The van der Waals surface area contributed by atoms with E-state index in [2.05, 4.69) is 0 Å². The Balaban J connectivity index is 2.10. The SMILES string of the molecule is COc1cc(C2CC(=O)c3cc(OC)c(OC)cc32)ccc1Cl. The van der Waals surface area contributed by atoms with Crippen molar-refractivity contribution in [2.24, 2.45) is 0 Å². The van der Waals surface area contributed by atoms with E-state index in [0.717, 1.165) is 11.1 Å². The van der Waals surface area contributed by atoms with Gasteiger partial charge in [-0.25, -0.2) is 0 Å². The first-order valence-electron chi connectivity index (χ1n) is 7.21. The van der Waals surface area contributed by atoms with E-state index < -0.39 is 0 Å². The molecule has 0 radical (unpaired) electrons. The summed E-state index contributed by atoms with van der Waals surface area (Å²) in [5.41, 5.74) is 2.61. The fraction of sp³-hybridized carbons (Fsp3) is 0.278. The molecule has 2 aromatic carbocycles. The Morgan fingerprint density at radius 2 is 1.61 bits per heavy atom. The summed E-state index contributed by atoms with van der Waals surface area (Å²) in [5.74, 6) is 1.84. The molecule has 0 amide bonds. The highest BCUT2D eigenvalue weighted by Crippen LogP contribution is 2.44. The minimum atomic E-state index is -0.0385. The quantitative estimate of drug-likeness (QED) is 0.846. The number of carbonyl (C=O) groups is 1. The molecule has 0 bridgehead atoms. The summed E-state index contributed by atoms with van der Waals surface area (Å²) in [6.07, 6.45) is 0.413. The largest absolute Gasteiger partial charge is 0.495 e. The highest BCUT2D eigenvalue weighted by molar-refractivity contribution is 6.32. The summed E-state index contributed by atoms with van der Waals surface area (Å²) in [5, 5.41) is 0.549. The Hall–Kier alpha value is -2.20. The standard InChI is InChI=1S/C18H17ClO4/c1-21-16-6-10(4-5-14(16)19)11-7-15(20)13-9-18(23-3)17(22-2)8-12(11)13/h4-6,8-9,11H,7H2,1-3H3. The van der Waals surface area contributed by atoms with E-state index in [1.807, 2.05) is 18.2 Å². The van der Waals surface area contributed by atoms with Crippen molar-refractivity contribution in [1.82, 2.24) is 0 Å². The monoisotopic (exact) mass is 332 g/mol. The van der Waals surface area contributed by atoms with Crippen LogP contribution in [0.5, 0.6) is 17.2 Å². The average Bonchev–Trinajstić information content (AvgIpc) is 2.90. The van der Waals surface area contributed by atoms with Crippen molar-refractivity contribution >= 4 is 17.4 Å². The normalized spacial score (nSPS) is 16.2. The number of Topliss-reactive ketones (excluding diaryl/α,β-unsaturated/α-hetero) is 1. The van der Waals surface area contributed by atoms with Gasteiger partial charge in [-0.05, 0) is 35.4 Å². The van der Waals surface area contributed by atoms with Crippen LogP contribution < -0.4 is 14.2 Å². The third-order valence-corrected chi connectivity index (χ3v) is 4.51. The van der Waals surface area contributed by atoms with Crippen molar-refractivity contribution in [2.45, 2.75) is 12.3 Å². The van der Waals surface area contributed by atoms with Crippen LogP contribution in [0, 0.1) is 0 Å². The van der Waals surface area contributed by atoms with Gasteiger partial charge >= 0.3 is 0 Å². The van der Waals surface area contributed by atoms with Gasteiger partial charge in [-0.2, -0.15) is 0 Å². The predicted octanol–water partition coefficient (Wildman–Crippen LogP) is 4.08. The van der Waals surface area contributed by atoms with Gasteiger partial charge in [-0.15, -0.1) is 0 Å². The first kappa shape index (κ1) is 15.7. The Morgan fingerprint density at radius 3 is 2.26 bits per heavy atom. The minimum Gasteiger partial charge on any atom is -0.495 e. The van der Waals surface area contributed by atoms with Gasteiger partial charge in [0.25, 0.3) is 0 Å². The second-order valence-corrected chi connectivity index (χ2v) is 5.78. The molecule has 1 aliphatic rings. The number of benzene rings is 2.